The van der Waals surface area contributed by atoms with Crippen LogP contribution in [-0.2, 0) is 14.3 Å². The van der Waals surface area contributed by atoms with Crippen molar-refractivity contribution in [1.82, 2.24) is 0 Å². The summed E-state index contributed by atoms with van der Waals surface area (Å²) in [5.74, 6) is 0.614. The molecule has 0 aromatic heterocycles. The average molecular weight is 515 g/mol. The first-order valence-corrected chi connectivity index (χ1v) is 14.5. The molecular formula is C32H50O5. The second-order valence-corrected chi connectivity index (χ2v) is 14.5. The number of carbonyl (C=O) groups is 2. The van der Waals surface area contributed by atoms with Crippen LogP contribution in [0.15, 0.2) is 23.8 Å². The van der Waals surface area contributed by atoms with Gasteiger partial charge in [-0.25, -0.2) is 0 Å². The van der Waals surface area contributed by atoms with E-state index in [1.165, 1.54) is 13.2 Å². The Morgan fingerprint density at radius 3 is 2.41 bits per heavy atom. The van der Waals surface area contributed by atoms with E-state index in [1.807, 2.05) is 6.08 Å². The number of fused-ring (bicyclic) bond motifs is 5. The number of rotatable bonds is 6. The zero-order chi connectivity index (χ0) is 27.6. The Hall–Kier alpha value is -1.46. The Morgan fingerprint density at radius 1 is 1.14 bits per heavy atom. The van der Waals surface area contributed by atoms with Crippen molar-refractivity contribution in [3.63, 3.8) is 0 Å². The fourth-order valence-electron chi connectivity index (χ4n) is 9.55. The van der Waals surface area contributed by atoms with Crippen molar-refractivity contribution in [3.8, 4) is 0 Å². The van der Waals surface area contributed by atoms with Gasteiger partial charge in [0.1, 0.15) is 12.4 Å². The van der Waals surface area contributed by atoms with E-state index in [0.717, 1.165) is 44.1 Å². The SMILES string of the molecule is CC(=O)O[C@H]1C=C2[C@@H](CC[C@H](O)C2(C)C)[C@]2(C=O)CC[C@]3(C)C(C(C)C/C=C/C(C)(C)O)CC[C@@]3(C)[C@H]12. The maximum atomic E-state index is 13.3. The number of aliphatic hydroxyl groups excluding tert-OH is 1. The fraction of sp³-hybridized carbons (Fsp3) is 0.812. The Labute approximate surface area is 224 Å². The second kappa shape index (κ2) is 9.33. The molecule has 0 radical (unpaired) electrons. The van der Waals surface area contributed by atoms with Crippen LogP contribution in [0, 0.1) is 45.3 Å². The summed E-state index contributed by atoms with van der Waals surface area (Å²) in [4.78, 5) is 25.7. The number of hydrogen-bond donors (Lipinski definition) is 2. The summed E-state index contributed by atoms with van der Waals surface area (Å²) in [7, 11) is 0. The van der Waals surface area contributed by atoms with Gasteiger partial charge in [0.2, 0.25) is 0 Å². The Bertz CT molecular complexity index is 972. The van der Waals surface area contributed by atoms with E-state index in [-0.39, 0.29) is 28.6 Å². The van der Waals surface area contributed by atoms with Crippen LogP contribution in [0.5, 0.6) is 0 Å². The lowest BCUT2D eigenvalue weighted by molar-refractivity contribution is -0.194. The molecule has 4 aliphatic rings. The molecule has 0 amide bonds. The number of hydrogen-bond acceptors (Lipinski definition) is 5. The molecule has 0 saturated heterocycles. The maximum Gasteiger partial charge on any atom is 0.303 e. The van der Waals surface area contributed by atoms with Gasteiger partial charge in [0.15, 0.2) is 0 Å². The molecule has 5 heteroatoms. The van der Waals surface area contributed by atoms with Crippen molar-refractivity contribution < 1.29 is 24.5 Å². The minimum atomic E-state index is -0.813. The van der Waals surface area contributed by atoms with Crippen molar-refractivity contribution in [3.05, 3.63) is 23.8 Å². The summed E-state index contributed by atoms with van der Waals surface area (Å²) in [6.07, 6.45) is 12.7. The van der Waals surface area contributed by atoms with Gasteiger partial charge >= 0.3 is 5.97 Å². The summed E-state index contributed by atoms with van der Waals surface area (Å²) < 4.78 is 6.09. The van der Waals surface area contributed by atoms with Crippen LogP contribution in [0.1, 0.15) is 100 Å². The van der Waals surface area contributed by atoms with Gasteiger partial charge < -0.3 is 19.7 Å². The van der Waals surface area contributed by atoms with Crippen LogP contribution >= 0.6 is 0 Å². The summed E-state index contributed by atoms with van der Waals surface area (Å²) in [6, 6.07) is 0. The molecular weight excluding hydrogens is 464 g/mol. The van der Waals surface area contributed by atoms with Crippen LogP contribution in [0.25, 0.3) is 0 Å². The van der Waals surface area contributed by atoms with Gasteiger partial charge in [-0.2, -0.15) is 0 Å². The van der Waals surface area contributed by atoms with E-state index >= 15 is 0 Å². The largest absolute Gasteiger partial charge is 0.458 e. The number of esters is 1. The third-order valence-corrected chi connectivity index (χ3v) is 11.7. The van der Waals surface area contributed by atoms with E-state index in [1.54, 1.807) is 13.8 Å². The van der Waals surface area contributed by atoms with Crippen LogP contribution in [0.3, 0.4) is 0 Å². The van der Waals surface area contributed by atoms with E-state index in [0.29, 0.717) is 18.3 Å². The molecule has 0 heterocycles. The first kappa shape index (κ1) is 28.5. The van der Waals surface area contributed by atoms with Crippen molar-refractivity contribution in [2.45, 2.75) is 118 Å². The minimum Gasteiger partial charge on any atom is -0.458 e. The fourth-order valence-corrected chi connectivity index (χ4v) is 9.55. The van der Waals surface area contributed by atoms with Crippen LogP contribution < -0.4 is 0 Å². The number of aliphatic hydroxyl groups is 2. The Balaban J connectivity index is 1.78. The molecule has 5 nitrogen and oxygen atoms in total. The zero-order valence-electron chi connectivity index (χ0n) is 24.3. The van der Waals surface area contributed by atoms with E-state index < -0.39 is 28.6 Å². The third kappa shape index (κ3) is 4.36. The second-order valence-electron chi connectivity index (χ2n) is 14.5. The Morgan fingerprint density at radius 2 is 1.81 bits per heavy atom. The molecule has 0 aliphatic heterocycles. The van der Waals surface area contributed by atoms with Gasteiger partial charge in [0.25, 0.3) is 0 Å². The standard InChI is InChI=1S/C32H50O5/c1-20(10-9-14-28(3,4)36)22-13-15-31(8)27-25(37-21(2)34)18-24-23(11-12-26(35)29(24,5)6)32(27,19-33)17-16-30(22,31)7/h9,14,18-20,22-23,25-27,35-36H,10-13,15-17H2,1-8H3/b14-9+/t20?,22?,23-,25+,26+,27+,30-,31+,32-/m1/s1. The van der Waals surface area contributed by atoms with Gasteiger partial charge in [-0.1, -0.05) is 52.3 Å². The first-order chi connectivity index (χ1) is 17.0. The summed E-state index contributed by atoms with van der Waals surface area (Å²) in [5, 5.41) is 21.0. The molecule has 0 aromatic rings. The highest BCUT2D eigenvalue weighted by Gasteiger charge is 2.71. The molecule has 0 aromatic carbocycles. The van der Waals surface area contributed by atoms with Crippen molar-refractivity contribution >= 4 is 12.3 Å². The first-order valence-electron chi connectivity index (χ1n) is 14.5. The lowest BCUT2D eigenvalue weighted by Gasteiger charge is -2.66. The van der Waals surface area contributed by atoms with E-state index in [2.05, 4.69) is 46.8 Å². The summed E-state index contributed by atoms with van der Waals surface area (Å²) >= 11 is 0. The van der Waals surface area contributed by atoms with Crippen molar-refractivity contribution in [2.75, 3.05) is 0 Å². The van der Waals surface area contributed by atoms with Gasteiger partial charge in [0, 0.05) is 23.7 Å². The number of allylic oxidation sites excluding steroid dienone is 1. The molecule has 3 saturated carbocycles. The molecule has 2 N–H and O–H groups in total. The minimum absolute atomic E-state index is 0.0135. The van der Waals surface area contributed by atoms with Gasteiger partial charge in [-0.05, 0) is 93.5 Å². The van der Waals surface area contributed by atoms with Gasteiger partial charge in [-0.15, -0.1) is 0 Å². The molecule has 4 aliphatic carbocycles. The predicted octanol–water partition coefficient (Wildman–Crippen LogP) is 6.03. The molecule has 37 heavy (non-hydrogen) atoms. The molecule has 208 valence electrons. The maximum absolute atomic E-state index is 13.3. The zero-order valence-corrected chi connectivity index (χ0v) is 24.3. The highest BCUT2D eigenvalue weighted by atomic mass is 16.5. The monoisotopic (exact) mass is 514 g/mol. The third-order valence-electron chi connectivity index (χ3n) is 11.7. The van der Waals surface area contributed by atoms with Crippen LogP contribution in [-0.4, -0.2) is 40.3 Å². The van der Waals surface area contributed by atoms with Crippen LogP contribution in [0.2, 0.25) is 0 Å². The lowest BCUT2D eigenvalue weighted by atomic mass is 9.38. The highest BCUT2D eigenvalue weighted by Crippen LogP contribution is 2.74. The predicted molar refractivity (Wildman–Crippen MR) is 146 cm³/mol. The number of ether oxygens (including phenoxy) is 1. The smallest absolute Gasteiger partial charge is 0.303 e. The molecule has 2 unspecified atom stereocenters. The summed E-state index contributed by atoms with van der Waals surface area (Å²) in [6.45, 7) is 16.3. The normalized spacial score (nSPS) is 43.8. The highest BCUT2D eigenvalue weighted by molar-refractivity contribution is 5.68. The number of aldehydes is 1. The molecule has 4 rings (SSSR count). The van der Waals surface area contributed by atoms with Gasteiger partial charge in [-0.3, -0.25) is 4.79 Å². The van der Waals surface area contributed by atoms with E-state index in [9.17, 15) is 19.8 Å². The molecule has 3 fully saturated rings. The molecule has 0 spiro atoms. The summed E-state index contributed by atoms with van der Waals surface area (Å²) in [5.41, 5.74) is -0.897. The van der Waals surface area contributed by atoms with E-state index in [4.69, 9.17) is 4.74 Å². The topological polar surface area (TPSA) is 83.8 Å². The quantitative estimate of drug-likeness (QED) is 0.257. The lowest BCUT2D eigenvalue weighted by Crippen LogP contribution is -2.64. The molecule has 9 atom stereocenters. The van der Waals surface area contributed by atoms with Crippen LogP contribution in [0.4, 0.5) is 0 Å². The molecule has 0 bridgehead atoms. The number of carbonyl (C=O) groups excluding carboxylic acids is 2. The average Bonchev–Trinajstić information content (AvgIpc) is 3.06. The van der Waals surface area contributed by atoms with Gasteiger partial charge in [0.05, 0.1) is 11.7 Å². The van der Waals surface area contributed by atoms with Crippen molar-refractivity contribution in [1.29, 1.82) is 0 Å². The van der Waals surface area contributed by atoms with Crippen molar-refractivity contribution in [2.24, 2.45) is 45.3 Å². The Kier molecular flexibility index (Phi) is 7.20.